The summed E-state index contributed by atoms with van der Waals surface area (Å²) in [4.78, 5) is 0. The van der Waals surface area contributed by atoms with Gasteiger partial charge in [0.15, 0.2) is 0 Å². The maximum atomic E-state index is 6.01. The number of ether oxygens (including phenoxy) is 3. The van der Waals surface area contributed by atoms with E-state index in [-0.39, 0.29) is 12.2 Å². The fraction of sp³-hybridized carbons (Fsp3) is 0.294. The summed E-state index contributed by atoms with van der Waals surface area (Å²) in [5.74, 6) is -1.01. The van der Waals surface area contributed by atoms with Crippen LogP contribution in [0.1, 0.15) is 30.3 Å². The normalized spacial score (nSPS) is 24.7. The predicted molar refractivity (Wildman–Crippen MR) is 76.0 cm³/mol. The van der Waals surface area contributed by atoms with Crippen LogP contribution in [0.15, 0.2) is 60.7 Å². The van der Waals surface area contributed by atoms with Crippen molar-refractivity contribution in [1.82, 2.24) is 0 Å². The van der Waals surface area contributed by atoms with Crippen LogP contribution in [-0.2, 0) is 14.2 Å². The molecule has 3 nitrogen and oxygen atoms in total. The zero-order chi connectivity index (χ0) is 14.0. The first kappa shape index (κ1) is 13.3. The summed E-state index contributed by atoms with van der Waals surface area (Å²) in [6, 6.07) is 20.2. The molecule has 20 heavy (non-hydrogen) atoms. The molecule has 0 N–H and O–H groups in total. The molecule has 0 aromatic heterocycles. The third kappa shape index (κ3) is 2.48. The van der Waals surface area contributed by atoms with Gasteiger partial charge < -0.3 is 14.2 Å². The third-order valence-electron chi connectivity index (χ3n) is 3.58. The van der Waals surface area contributed by atoms with Crippen molar-refractivity contribution >= 4 is 0 Å². The molecule has 3 heteroatoms. The summed E-state index contributed by atoms with van der Waals surface area (Å²) in [6.45, 7) is 1.80. The molecule has 3 rings (SSSR count). The molecule has 1 saturated heterocycles. The van der Waals surface area contributed by atoms with Gasteiger partial charge in [-0.2, -0.15) is 0 Å². The molecule has 1 heterocycles. The summed E-state index contributed by atoms with van der Waals surface area (Å²) in [5, 5.41) is 0. The van der Waals surface area contributed by atoms with Gasteiger partial charge in [0.1, 0.15) is 12.2 Å². The van der Waals surface area contributed by atoms with Gasteiger partial charge in [0.2, 0.25) is 0 Å². The zero-order valence-corrected chi connectivity index (χ0v) is 11.7. The smallest absolute Gasteiger partial charge is 0.280 e. The van der Waals surface area contributed by atoms with E-state index in [2.05, 4.69) is 0 Å². The Kier molecular flexibility index (Phi) is 3.57. The average Bonchev–Trinajstić information content (AvgIpc) is 2.88. The lowest BCUT2D eigenvalue weighted by Crippen LogP contribution is -2.27. The van der Waals surface area contributed by atoms with Crippen molar-refractivity contribution in [2.24, 2.45) is 0 Å². The highest BCUT2D eigenvalue weighted by Gasteiger charge is 2.46. The molecule has 0 saturated carbocycles. The SMILES string of the molecule is COC1(C)O[C@@H](c2ccccc2)[C@H](c2ccccc2)O1. The van der Waals surface area contributed by atoms with Crippen molar-refractivity contribution < 1.29 is 14.2 Å². The monoisotopic (exact) mass is 270 g/mol. The van der Waals surface area contributed by atoms with E-state index in [0.717, 1.165) is 11.1 Å². The molecule has 2 aromatic carbocycles. The Morgan fingerprint density at radius 3 is 1.55 bits per heavy atom. The lowest BCUT2D eigenvalue weighted by molar-refractivity contribution is -0.319. The van der Waals surface area contributed by atoms with E-state index < -0.39 is 5.97 Å². The number of rotatable bonds is 3. The molecular formula is C17H18O3. The number of methoxy groups -OCH3 is 1. The molecule has 0 radical (unpaired) electrons. The molecule has 0 spiro atoms. The van der Waals surface area contributed by atoms with Gasteiger partial charge in [0, 0.05) is 14.0 Å². The summed E-state index contributed by atoms with van der Waals surface area (Å²) in [7, 11) is 1.59. The van der Waals surface area contributed by atoms with Crippen molar-refractivity contribution in [3.8, 4) is 0 Å². The van der Waals surface area contributed by atoms with Gasteiger partial charge in [0.25, 0.3) is 5.97 Å². The van der Waals surface area contributed by atoms with Gasteiger partial charge in [-0.25, -0.2) is 0 Å². The summed E-state index contributed by atoms with van der Waals surface area (Å²) in [6.07, 6.45) is -0.355. The van der Waals surface area contributed by atoms with Crippen molar-refractivity contribution in [2.45, 2.75) is 25.1 Å². The third-order valence-corrected chi connectivity index (χ3v) is 3.58. The molecule has 2 aromatic rings. The molecule has 1 aliphatic rings. The van der Waals surface area contributed by atoms with Gasteiger partial charge in [0.05, 0.1) is 0 Å². The minimum Gasteiger partial charge on any atom is -0.331 e. The van der Waals surface area contributed by atoms with Crippen LogP contribution in [0.2, 0.25) is 0 Å². The van der Waals surface area contributed by atoms with E-state index in [1.165, 1.54) is 0 Å². The van der Waals surface area contributed by atoms with E-state index in [0.29, 0.717) is 0 Å². The average molecular weight is 270 g/mol. The lowest BCUT2D eigenvalue weighted by atomic mass is 9.99. The standard InChI is InChI=1S/C17H18O3/c1-17(18-2)19-15(13-9-5-3-6-10-13)16(20-17)14-11-7-4-8-12-14/h3-12,15-16H,1-2H3/t15-,16-/m0/s1. The van der Waals surface area contributed by atoms with E-state index >= 15 is 0 Å². The second-order valence-electron chi connectivity index (χ2n) is 4.96. The van der Waals surface area contributed by atoms with Gasteiger partial charge in [-0.15, -0.1) is 0 Å². The van der Waals surface area contributed by atoms with Crippen LogP contribution in [0.5, 0.6) is 0 Å². The van der Waals surface area contributed by atoms with Crippen LogP contribution in [0.25, 0.3) is 0 Å². The quantitative estimate of drug-likeness (QED) is 0.848. The van der Waals surface area contributed by atoms with Gasteiger partial charge >= 0.3 is 0 Å². The van der Waals surface area contributed by atoms with Crippen LogP contribution in [-0.4, -0.2) is 13.1 Å². The summed E-state index contributed by atoms with van der Waals surface area (Å²) < 4.78 is 17.4. The highest BCUT2D eigenvalue weighted by molar-refractivity contribution is 5.26. The number of hydrogen-bond acceptors (Lipinski definition) is 3. The minimum atomic E-state index is -1.01. The molecule has 0 aliphatic carbocycles. The maximum absolute atomic E-state index is 6.01. The Hall–Kier alpha value is -1.68. The molecule has 0 unspecified atom stereocenters. The highest BCUT2D eigenvalue weighted by Crippen LogP contribution is 2.47. The number of hydrogen-bond donors (Lipinski definition) is 0. The molecule has 1 aliphatic heterocycles. The van der Waals surface area contributed by atoms with Crippen LogP contribution in [0, 0.1) is 0 Å². The maximum Gasteiger partial charge on any atom is 0.280 e. The van der Waals surface area contributed by atoms with Crippen LogP contribution < -0.4 is 0 Å². The molecule has 0 amide bonds. The largest absolute Gasteiger partial charge is 0.331 e. The van der Waals surface area contributed by atoms with Crippen molar-refractivity contribution in [2.75, 3.05) is 7.11 Å². The fourth-order valence-electron chi connectivity index (χ4n) is 2.48. The molecule has 2 atom stereocenters. The molecular weight excluding hydrogens is 252 g/mol. The van der Waals surface area contributed by atoms with Crippen molar-refractivity contribution in [3.63, 3.8) is 0 Å². The van der Waals surface area contributed by atoms with Crippen LogP contribution in [0.4, 0.5) is 0 Å². The lowest BCUT2D eigenvalue weighted by Gasteiger charge is -2.20. The van der Waals surface area contributed by atoms with E-state index in [9.17, 15) is 0 Å². The van der Waals surface area contributed by atoms with Crippen LogP contribution >= 0.6 is 0 Å². The molecule has 1 fully saturated rings. The Bertz CT molecular complexity index is 505. The Morgan fingerprint density at radius 2 is 1.20 bits per heavy atom. The van der Waals surface area contributed by atoms with Crippen molar-refractivity contribution in [3.05, 3.63) is 71.8 Å². The first-order chi connectivity index (χ1) is 9.72. The van der Waals surface area contributed by atoms with Gasteiger partial charge in [-0.1, -0.05) is 60.7 Å². The van der Waals surface area contributed by atoms with Crippen LogP contribution in [0.3, 0.4) is 0 Å². The number of benzene rings is 2. The second kappa shape index (κ2) is 5.37. The minimum absolute atomic E-state index is 0.177. The fourth-order valence-corrected chi connectivity index (χ4v) is 2.48. The van der Waals surface area contributed by atoms with Gasteiger partial charge in [-0.3, -0.25) is 0 Å². The first-order valence-electron chi connectivity index (χ1n) is 6.72. The highest BCUT2D eigenvalue weighted by atomic mass is 16.9. The van der Waals surface area contributed by atoms with E-state index in [1.807, 2.05) is 60.7 Å². The summed E-state index contributed by atoms with van der Waals surface area (Å²) in [5.41, 5.74) is 2.17. The predicted octanol–water partition coefficient (Wildman–Crippen LogP) is 3.84. The van der Waals surface area contributed by atoms with Crippen molar-refractivity contribution in [1.29, 1.82) is 0 Å². The second-order valence-corrected chi connectivity index (χ2v) is 4.96. The first-order valence-corrected chi connectivity index (χ1v) is 6.72. The molecule has 104 valence electrons. The Morgan fingerprint density at radius 1 is 0.800 bits per heavy atom. The van der Waals surface area contributed by atoms with Gasteiger partial charge in [-0.05, 0) is 11.1 Å². The Balaban J connectivity index is 1.97. The van der Waals surface area contributed by atoms with E-state index in [1.54, 1.807) is 14.0 Å². The Labute approximate surface area is 119 Å². The zero-order valence-electron chi connectivity index (χ0n) is 11.7. The van der Waals surface area contributed by atoms with E-state index in [4.69, 9.17) is 14.2 Å². The summed E-state index contributed by atoms with van der Waals surface area (Å²) >= 11 is 0. The topological polar surface area (TPSA) is 27.7 Å². The molecule has 0 bridgehead atoms.